The molecule has 1 N–H and O–H groups in total. The Labute approximate surface area is 138 Å². The number of aliphatic hydroxyl groups excluding tert-OH is 1. The second-order valence-corrected chi connectivity index (χ2v) is 6.02. The van der Waals surface area contributed by atoms with Crippen LogP contribution in [0.5, 0.6) is 11.5 Å². The molecule has 21 heavy (non-hydrogen) atoms. The van der Waals surface area contributed by atoms with Crippen molar-refractivity contribution in [2.45, 2.75) is 13.0 Å². The third kappa shape index (κ3) is 3.61. The van der Waals surface area contributed by atoms with Gasteiger partial charge in [-0.1, -0.05) is 18.2 Å². The summed E-state index contributed by atoms with van der Waals surface area (Å²) >= 11 is 6.53. The molecular formula is C14H11Br2NO4. The Morgan fingerprint density at radius 2 is 1.81 bits per heavy atom. The van der Waals surface area contributed by atoms with Gasteiger partial charge in [0.2, 0.25) is 0 Å². The van der Waals surface area contributed by atoms with Crippen LogP contribution in [0.25, 0.3) is 0 Å². The van der Waals surface area contributed by atoms with E-state index < -0.39 is 11.0 Å². The Morgan fingerprint density at radius 3 is 2.33 bits per heavy atom. The summed E-state index contributed by atoms with van der Waals surface area (Å²) in [6.45, 7) is 1.64. The van der Waals surface area contributed by atoms with Gasteiger partial charge in [0.05, 0.1) is 20.0 Å². The fourth-order valence-electron chi connectivity index (χ4n) is 1.78. The summed E-state index contributed by atoms with van der Waals surface area (Å²) in [6.07, 6.45) is -0.684. The van der Waals surface area contributed by atoms with Crippen molar-refractivity contribution in [2.24, 2.45) is 0 Å². The quantitative estimate of drug-likeness (QED) is 0.564. The van der Waals surface area contributed by atoms with Crippen LogP contribution in [0.3, 0.4) is 0 Å². The predicted octanol–water partition coefficient (Wildman–Crippen LogP) is 4.97. The maximum atomic E-state index is 10.8. The van der Waals surface area contributed by atoms with Gasteiger partial charge >= 0.3 is 0 Å². The number of ether oxygens (including phenoxy) is 1. The molecule has 7 heteroatoms. The number of benzene rings is 2. The van der Waals surface area contributed by atoms with Gasteiger partial charge < -0.3 is 9.84 Å². The average Bonchev–Trinajstić information content (AvgIpc) is 2.42. The van der Waals surface area contributed by atoms with E-state index in [4.69, 9.17) is 4.74 Å². The summed E-state index contributed by atoms with van der Waals surface area (Å²) in [5.74, 6) is 0.899. The van der Waals surface area contributed by atoms with Crippen LogP contribution in [0.4, 0.5) is 5.69 Å². The van der Waals surface area contributed by atoms with Crippen molar-refractivity contribution in [1.82, 2.24) is 0 Å². The minimum absolute atomic E-state index is 0.0510. The summed E-state index contributed by atoms with van der Waals surface area (Å²) in [5, 5.41) is 20.6. The molecule has 0 aliphatic heterocycles. The van der Waals surface area contributed by atoms with Gasteiger partial charge in [-0.3, -0.25) is 10.1 Å². The lowest BCUT2D eigenvalue weighted by Gasteiger charge is -2.15. The Morgan fingerprint density at radius 1 is 1.24 bits per heavy atom. The highest BCUT2D eigenvalue weighted by atomic mass is 79.9. The average molecular weight is 417 g/mol. The molecule has 0 aliphatic rings. The Kier molecular flexibility index (Phi) is 4.97. The van der Waals surface area contributed by atoms with Crippen LogP contribution >= 0.6 is 31.9 Å². The van der Waals surface area contributed by atoms with Gasteiger partial charge in [0.25, 0.3) is 5.69 Å². The standard InChI is InChI=1S/C14H11Br2NO4/c1-8(18)10-4-2-3-5-13(10)21-14-11(15)6-9(17(19)20)7-12(14)16/h2-8,18H,1H3. The topological polar surface area (TPSA) is 72.6 Å². The summed E-state index contributed by atoms with van der Waals surface area (Å²) < 4.78 is 6.69. The molecule has 2 rings (SSSR count). The maximum Gasteiger partial charge on any atom is 0.271 e. The predicted molar refractivity (Wildman–Crippen MR) is 85.6 cm³/mol. The van der Waals surface area contributed by atoms with Gasteiger partial charge in [0.1, 0.15) is 5.75 Å². The first kappa shape index (κ1) is 15.9. The molecule has 2 aromatic carbocycles. The molecule has 0 aromatic heterocycles. The van der Waals surface area contributed by atoms with Crippen molar-refractivity contribution in [3.63, 3.8) is 0 Å². The molecule has 0 bridgehead atoms. The number of hydrogen-bond acceptors (Lipinski definition) is 4. The van der Waals surface area contributed by atoms with Crippen LogP contribution in [0.15, 0.2) is 45.3 Å². The lowest BCUT2D eigenvalue weighted by Crippen LogP contribution is -1.97. The normalized spacial score (nSPS) is 12.0. The lowest BCUT2D eigenvalue weighted by molar-refractivity contribution is -0.385. The van der Waals surface area contributed by atoms with Crippen molar-refractivity contribution in [1.29, 1.82) is 0 Å². The Hall–Kier alpha value is -1.44. The highest BCUT2D eigenvalue weighted by Gasteiger charge is 2.17. The van der Waals surface area contributed by atoms with E-state index in [1.54, 1.807) is 31.2 Å². The van der Waals surface area contributed by atoms with Crippen LogP contribution in [0.2, 0.25) is 0 Å². The van der Waals surface area contributed by atoms with E-state index in [2.05, 4.69) is 31.9 Å². The van der Waals surface area contributed by atoms with Crippen molar-refractivity contribution in [3.8, 4) is 11.5 Å². The number of non-ortho nitro benzene ring substituents is 1. The monoisotopic (exact) mass is 415 g/mol. The number of hydrogen-bond donors (Lipinski definition) is 1. The maximum absolute atomic E-state index is 10.8. The smallest absolute Gasteiger partial charge is 0.271 e. The van der Waals surface area contributed by atoms with Crippen LogP contribution < -0.4 is 4.74 Å². The number of nitro groups is 1. The third-order valence-corrected chi connectivity index (χ3v) is 3.95. The van der Waals surface area contributed by atoms with E-state index in [0.29, 0.717) is 26.0 Å². The molecular weight excluding hydrogens is 406 g/mol. The molecule has 0 heterocycles. The van der Waals surface area contributed by atoms with Gasteiger partial charge in [-0.15, -0.1) is 0 Å². The van der Waals surface area contributed by atoms with E-state index in [1.165, 1.54) is 12.1 Å². The molecule has 1 atom stereocenters. The van der Waals surface area contributed by atoms with Crippen molar-refractivity contribution in [2.75, 3.05) is 0 Å². The first-order valence-corrected chi connectivity index (χ1v) is 7.57. The number of para-hydroxylation sites is 1. The zero-order valence-corrected chi connectivity index (χ0v) is 14.1. The molecule has 0 saturated carbocycles. The summed E-state index contributed by atoms with van der Waals surface area (Å²) in [4.78, 5) is 10.3. The third-order valence-electron chi connectivity index (χ3n) is 2.77. The summed E-state index contributed by atoms with van der Waals surface area (Å²) in [6, 6.07) is 9.80. The Bertz CT molecular complexity index is 665. The molecule has 110 valence electrons. The number of nitrogens with zero attached hydrogens (tertiary/aromatic N) is 1. The van der Waals surface area contributed by atoms with E-state index in [-0.39, 0.29) is 5.69 Å². The number of nitro benzene ring substituents is 1. The largest absolute Gasteiger partial charge is 0.455 e. The number of halogens is 2. The minimum atomic E-state index is -0.684. The van der Waals surface area contributed by atoms with Crippen molar-refractivity contribution < 1.29 is 14.8 Å². The minimum Gasteiger partial charge on any atom is -0.455 e. The van der Waals surface area contributed by atoms with Gasteiger partial charge in [0.15, 0.2) is 5.75 Å². The van der Waals surface area contributed by atoms with E-state index in [9.17, 15) is 15.2 Å². The van der Waals surface area contributed by atoms with Crippen LogP contribution in [-0.4, -0.2) is 10.0 Å². The first-order chi connectivity index (χ1) is 9.90. The zero-order chi connectivity index (χ0) is 15.6. The highest BCUT2D eigenvalue weighted by molar-refractivity contribution is 9.11. The van der Waals surface area contributed by atoms with E-state index >= 15 is 0 Å². The zero-order valence-electron chi connectivity index (χ0n) is 10.9. The molecule has 5 nitrogen and oxygen atoms in total. The molecule has 1 unspecified atom stereocenters. The second-order valence-electron chi connectivity index (χ2n) is 4.31. The number of rotatable bonds is 4. The fourth-order valence-corrected chi connectivity index (χ4v) is 3.10. The molecule has 0 fully saturated rings. The van der Waals surface area contributed by atoms with Crippen LogP contribution in [0, 0.1) is 10.1 Å². The van der Waals surface area contributed by atoms with Crippen molar-refractivity contribution in [3.05, 3.63) is 61.0 Å². The molecule has 0 spiro atoms. The second kappa shape index (κ2) is 6.55. The van der Waals surface area contributed by atoms with E-state index in [0.717, 1.165) is 0 Å². The van der Waals surface area contributed by atoms with Crippen molar-refractivity contribution >= 4 is 37.5 Å². The summed E-state index contributed by atoms with van der Waals surface area (Å²) in [5.41, 5.74) is 0.583. The summed E-state index contributed by atoms with van der Waals surface area (Å²) in [7, 11) is 0. The van der Waals surface area contributed by atoms with Crippen LogP contribution in [-0.2, 0) is 0 Å². The lowest BCUT2D eigenvalue weighted by atomic mass is 10.1. The Balaban J connectivity index is 2.43. The molecule has 2 aromatic rings. The van der Waals surface area contributed by atoms with Gasteiger partial charge in [0, 0.05) is 17.7 Å². The molecule has 0 aliphatic carbocycles. The van der Waals surface area contributed by atoms with Gasteiger partial charge in [-0.2, -0.15) is 0 Å². The molecule has 0 radical (unpaired) electrons. The fraction of sp³-hybridized carbons (Fsp3) is 0.143. The van der Waals surface area contributed by atoms with Crippen LogP contribution in [0.1, 0.15) is 18.6 Å². The van der Waals surface area contributed by atoms with Gasteiger partial charge in [-0.25, -0.2) is 0 Å². The molecule has 0 amide bonds. The highest BCUT2D eigenvalue weighted by Crippen LogP contribution is 2.41. The van der Waals surface area contributed by atoms with E-state index in [1.807, 2.05) is 0 Å². The number of aliphatic hydroxyl groups is 1. The van der Waals surface area contributed by atoms with Gasteiger partial charge in [-0.05, 0) is 44.8 Å². The molecule has 0 saturated heterocycles. The SMILES string of the molecule is CC(O)c1ccccc1Oc1c(Br)cc([N+](=O)[O-])cc1Br. The first-order valence-electron chi connectivity index (χ1n) is 5.98.